The lowest BCUT2D eigenvalue weighted by molar-refractivity contribution is 0.0467. The number of rotatable bonds is 6. The fraction of sp³-hybridized carbons (Fsp3) is 0.294. The van der Waals surface area contributed by atoms with Crippen molar-refractivity contribution in [3.63, 3.8) is 0 Å². The van der Waals surface area contributed by atoms with Gasteiger partial charge in [0.25, 0.3) is 5.91 Å². The molecule has 2 aromatic rings. The molecule has 1 atom stereocenters. The number of aromatic nitrogens is 1. The first-order chi connectivity index (χ1) is 10.9. The predicted molar refractivity (Wildman–Crippen MR) is 86.9 cm³/mol. The maximum Gasteiger partial charge on any atom is 0.253 e. The largest absolute Gasteiger partial charge is 0.463 e. The van der Waals surface area contributed by atoms with Gasteiger partial charge >= 0.3 is 0 Å². The number of carbonyl (C=O) groups excluding carboxylic acids is 1. The minimum absolute atomic E-state index is 0.171. The number of furan rings is 1. The van der Waals surface area contributed by atoms with Gasteiger partial charge in [0.1, 0.15) is 22.9 Å². The zero-order valence-corrected chi connectivity index (χ0v) is 13.1. The van der Waals surface area contributed by atoms with Crippen molar-refractivity contribution in [2.24, 2.45) is 0 Å². The van der Waals surface area contributed by atoms with Gasteiger partial charge in [0.15, 0.2) is 0 Å². The lowest BCUT2D eigenvalue weighted by Gasteiger charge is -2.21. The maximum absolute atomic E-state index is 11.7. The normalized spacial score (nSPS) is 13.0. The van der Waals surface area contributed by atoms with Crippen molar-refractivity contribution < 1.29 is 14.3 Å². The second-order valence-corrected chi connectivity index (χ2v) is 5.36. The highest BCUT2D eigenvalue weighted by molar-refractivity contribution is 5.94. The number of hydrogen-bond donors (Lipinski definition) is 3. The summed E-state index contributed by atoms with van der Waals surface area (Å²) in [6.45, 7) is 3.86. The van der Waals surface area contributed by atoms with Gasteiger partial charge in [-0.15, -0.1) is 6.42 Å². The standard InChI is InChI=1S/C17H19N3O3/c1-4-9-18-16(21)13-6-8-15(19-10-13)20-11-17(3,22)14-7-5-12(2)23-14/h1,5-8,10,22H,9,11H2,2-3H3,(H,18,21)(H,19,20). The number of aryl methyl sites for hydroxylation is 1. The van der Waals surface area contributed by atoms with Crippen molar-refractivity contribution in [2.75, 3.05) is 18.4 Å². The average molecular weight is 313 g/mol. The number of hydrogen-bond acceptors (Lipinski definition) is 5. The van der Waals surface area contributed by atoms with E-state index < -0.39 is 5.60 Å². The van der Waals surface area contributed by atoms with E-state index in [1.807, 2.05) is 6.92 Å². The zero-order chi connectivity index (χ0) is 16.9. The summed E-state index contributed by atoms with van der Waals surface area (Å²) in [5, 5.41) is 16.0. The topological polar surface area (TPSA) is 87.4 Å². The quantitative estimate of drug-likeness (QED) is 0.706. The molecule has 6 nitrogen and oxygen atoms in total. The Labute approximate surface area is 134 Å². The molecule has 0 saturated heterocycles. The van der Waals surface area contributed by atoms with E-state index in [1.54, 1.807) is 31.2 Å². The van der Waals surface area contributed by atoms with Crippen LogP contribution >= 0.6 is 0 Å². The van der Waals surface area contributed by atoms with E-state index in [9.17, 15) is 9.90 Å². The Balaban J connectivity index is 1.96. The van der Waals surface area contributed by atoms with Crippen LogP contribution in [0.15, 0.2) is 34.9 Å². The van der Waals surface area contributed by atoms with Crippen LogP contribution in [0.3, 0.4) is 0 Å². The van der Waals surface area contributed by atoms with Gasteiger partial charge in [-0.25, -0.2) is 4.98 Å². The molecule has 0 aliphatic heterocycles. The molecule has 0 fully saturated rings. The molecule has 0 radical (unpaired) electrons. The lowest BCUT2D eigenvalue weighted by atomic mass is 10.0. The van der Waals surface area contributed by atoms with Crippen molar-refractivity contribution >= 4 is 11.7 Å². The Kier molecular flexibility index (Phi) is 5.04. The van der Waals surface area contributed by atoms with Gasteiger partial charge in [-0.2, -0.15) is 0 Å². The Morgan fingerprint density at radius 1 is 1.43 bits per heavy atom. The van der Waals surface area contributed by atoms with Gasteiger partial charge in [0, 0.05) is 6.20 Å². The zero-order valence-electron chi connectivity index (χ0n) is 13.1. The Bertz CT molecular complexity index is 711. The smallest absolute Gasteiger partial charge is 0.253 e. The summed E-state index contributed by atoms with van der Waals surface area (Å²) in [5.74, 6) is 3.81. The summed E-state index contributed by atoms with van der Waals surface area (Å²) in [5.41, 5.74) is -0.752. The monoisotopic (exact) mass is 313 g/mol. The van der Waals surface area contributed by atoms with Crippen LogP contribution in [0, 0.1) is 19.3 Å². The molecule has 2 aromatic heterocycles. The molecular weight excluding hydrogens is 294 g/mol. The molecule has 0 spiro atoms. The summed E-state index contributed by atoms with van der Waals surface area (Å²) in [6, 6.07) is 6.83. The van der Waals surface area contributed by atoms with Crippen LogP contribution in [0.1, 0.15) is 28.8 Å². The molecular formula is C17H19N3O3. The predicted octanol–water partition coefficient (Wildman–Crippen LogP) is 1.67. The van der Waals surface area contributed by atoms with E-state index in [2.05, 4.69) is 21.5 Å². The summed E-state index contributed by atoms with van der Waals surface area (Å²) in [7, 11) is 0. The fourth-order valence-corrected chi connectivity index (χ4v) is 1.94. The summed E-state index contributed by atoms with van der Waals surface area (Å²) >= 11 is 0. The fourth-order valence-electron chi connectivity index (χ4n) is 1.94. The van der Waals surface area contributed by atoms with Crippen molar-refractivity contribution in [1.82, 2.24) is 10.3 Å². The second kappa shape index (κ2) is 6.99. The van der Waals surface area contributed by atoms with E-state index in [0.717, 1.165) is 5.76 Å². The third kappa shape index (κ3) is 4.34. The van der Waals surface area contributed by atoms with Gasteiger partial charge in [-0.3, -0.25) is 4.79 Å². The molecule has 0 saturated carbocycles. The summed E-state index contributed by atoms with van der Waals surface area (Å²) in [6.07, 6.45) is 6.53. The van der Waals surface area contributed by atoms with Gasteiger partial charge in [-0.05, 0) is 38.1 Å². The number of amides is 1. The molecule has 2 rings (SSSR count). The van der Waals surface area contributed by atoms with E-state index in [1.165, 1.54) is 6.20 Å². The van der Waals surface area contributed by atoms with Gasteiger partial charge in [-0.1, -0.05) is 5.92 Å². The lowest BCUT2D eigenvalue weighted by Crippen LogP contribution is -2.30. The number of carbonyl (C=O) groups is 1. The highest BCUT2D eigenvalue weighted by Gasteiger charge is 2.26. The van der Waals surface area contributed by atoms with Crippen LogP contribution in [0.2, 0.25) is 0 Å². The van der Waals surface area contributed by atoms with E-state index in [0.29, 0.717) is 17.1 Å². The van der Waals surface area contributed by atoms with Crippen LogP contribution in [0.25, 0.3) is 0 Å². The van der Waals surface area contributed by atoms with E-state index >= 15 is 0 Å². The molecule has 0 bridgehead atoms. The van der Waals surface area contributed by atoms with Crippen molar-refractivity contribution in [3.8, 4) is 12.3 Å². The van der Waals surface area contributed by atoms with Crippen LogP contribution in [-0.4, -0.2) is 29.1 Å². The second-order valence-electron chi connectivity index (χ2n) is 5.36. The molecule has 2 heterocycles. The minimum atomic E-state index is -1.17. The SMILES string of the molecule is C#CCNC(=O)c1ccc(NCC(C)(O)c2ccc(C)o2)nc1. The number of nitrogens with zero attached hydrogens (tertiary/aromatic N) is 1. The highest BCUT2D eigenvalue weighted by Crippen LogP contribution is 2.23. The van der Waals surface area contributed by atoms with Crippen molar-refractivity contribution in [3.05, 3.63) is 47.5 Å². The molecule has 23 heavy (non-hydrogen) atoms. The number of anilines is 1. The minimum Gasteiger partial charge on any atom is -0.463 e. The van der Waals surface area contributed by atoms with Gasteiger partial charge < -0.3 is 20.2 Å². The van der Waals surface area contributed by atoms with Gasteiger partial charge in [0.05, 0.1) is 18.7 Å². The number of pyridine rings is 1. The molecule has 1 amide bonds. The van der Waals surface area contributed by atoms with Crippen molar-refractivity contribution in [1.29, 1.82) is 0 Å². The third-order valence-corrected chi connectivity index (χ3v) is 3.26. The third-order valence-electron chi connectivity index (χ3n) is 3.26. The maximum atomic E-state index is 11.7. The number of aliphatic hydroxyl groups is 1. The molecule has 6 heteroatoms. The Morgan fingerprint density at radius 3 is 2.78 bits per heavy atom. The number of terminal acetylenes is 1. The summed E-state index contributed by atoms with van der Waals surface area (Å²) in [4.78, 5) is 15.8. The van der Waals surface area contributed by atoms with Gasteiger partial charge in [0.2, 0.25) is 0 Å². The summed E-state index contributed by atoms with van der Waals surface area (Å²) < 4.78 is 5.45. The van der Waals surface area contributed by atoms with Crippen LogP contribution in [-0.2, 0) is 5.60 Å². The first-order valence-electron chi connectivity index (χ1n) is 7.13. The molecule has 120 valence electrons. The molecule has 0 aliphatic carbocycles. The van der Waals surface area contributed by atoms with Crippen LogP contribution in [0.4, 0.5) is 5.82 Å². The van der Waals surface area contributed by atoms with E-state index in [-0.39, 0.29) is 19.0 Å². The number of nitrogens with one attached hydrogen (secondary N) is 2. The van der Waals surface area contributed by atoms with E-state index in [4.69, 9.17) is 10.8 Å². The first-order valence-corrected chi connectivity index (χ1v) is 7.13. The average Bonchev–Trinajstić information content (AvgIpc) is 2.98. The molecule has 0 aliphatic rings. The van der Waals surface area contributed by atoms with Crippen LogP contribution < -0.4 is 10.6 Å². The molecule has 0 aromatic carbocycles. The molecule has 1 unspecified atom stereocenters. The highest BCUT2D eigenvalue weighted by atomic mass is 16.4. The van der Waals surface area contributed by atoms with Crippen LogP contribution in [0.5, 0.6) is 0 Å². The Hall–Kier alpha value is -2.78. The molecule has 3 N–H and O–H groups in total. The first kappa shape index (κ1) is 16.6. The Morgan fingerprint density at radius 2 is 2.22 bits per heavy atom. The van der Waals surface area contributed by atoms with Crippen molar-refractivity contribution in [2.45, 2.75) is 19.4 Å².